The minimum absolute atomic E-state index is 0.0720. The summed E-state index contributed by atoms with van der Waals surface area (Å²) in [6, 6.07) is 1.59. The predicted octanol–water partition coefficient (Wildman–Crippen LogP) is 4.16. The number of aromatic nitrogens is 1. The molecule has 0 spiro atoms. The number of anilines is 1. The third-order valence-corrected chi connectivity index (χ3v) is 9.60. The lowest BCUT2D eigenvalue weighted by molar-refractivity contribution is -0.114. The molecule has 0 bridgehead atoms. The quantitative estimate of drug-likeness (QED) is 0.642. The Balaban J connectivity index is 1.68. The number of nitrogens with zero attached hydrogens (tertiary/aromatic N) is 3. The Morgan fingerprint density at radius 1 is 1.27 bits per heavy atom. The van der Waals surface area contributed by atoms with Crippen molar-refractivity contribution in [3.63, 3.8) is 0 Å². The number of rotatable bonds is 5. The van der Waals surface area contributed by atoms with E-state index in [1.165, 1.54) is 33.9 Å². The van der Waals surface area contributed by atoms with Crippen LogP contribution in [0.1, 0.15) is 46.2 Å². The van der Waals surface area contributed by atoms with Crippen molar-refractivity contribution in [2.75, 3.05) is 25.5 Å². The van der Waals surface area contributed by atoms with Gasteiger partial charge in [-0.05, 0) is 46.6 Å². The number of aryl methyl sites for hydroxylation is 1. The van der Waals surface area contributed by atoms with Crippen LogP contribution < -0.4 is 5.32 Å². The molecule has 12 heteroatoms. The lowest BCUT2D eigenvalue weighted by atomic mass is 10.1. The van der Waals surface area contributed by atoms with Gasteiger partial charge in [0.1, 0.15) is 9.81 Å². The Bertz CT molecular complexity index is 1130. The molecule has 1 aliphatic heterocycles. The van der Waals surface area contributed by atoms with E-state index in [2.05, 4.69) is 10.3 Å². The van der Waals surface area contributed by atoms with Crippen LogP contribution >= 0.6 is 22.7 Å². The summed E-state index contributed by atoms with van der Waals surface area (Å²) in [5.41, 5.74) is 0.923. The van der Waals surface area contributed by atoms with Crippen molar-refractivity contribution >= 4 is 49.8 Å². The highest BCUT2D eigenvalue weighted by molar-refractivity contribution is 7.91. The van der Waals surface area contributed by atoms with Crippen molar-refractivity contribution < 1.29 is 22.7 Å². The zero-order chi connectivity index (χ0) is 24.6. The van der Waals surface area contributed by atoms with Crippen LogP contribution in [0.5, 0.6) is 0 Å². The monoisotopic (exact) mass is 514 g/mol. The van der Waals surface area contributed by atoms with E-state index < -0.39 is 21.7 Å². The van der Waals surface area contributed by atoms with E-state index >= 15 is 0 Å². The molecule has 1 saturated heterocycles. The third kappa shape index (κ3) is 6.11. The second kappa shape index (κ2) is 9.69. The summed E-state index contributed by atoms with van der Waals surface area (Å²) in [5.74, 6) is -0.204. The fraction of sp³-hybridized carbons (Fsp3) is 0.571. The van der Waals surface area contributed by atoms with Crippen LogP contribution in [0.25, 0.3) is 10.4 Å². The Kier molecular flexibility index (Phi) is 7.52. The second-order valence-corrected chi connectivity index (χ2v) is 13.1. The van der Waals surface area contributed by atoms with E-state index in [0.29, 0.717) is 31.1 Å². The molecular weight excluding hydrogens is 484 g/mol. The van der Waals surface area contributed by atoms with E-state index in [-0.39, 0.29) is 16.2 Å². The van der Waals surface area contributed by atoms with E-state index in [4.69, 9.17) is 4.74 Å². The van der Waals surface area contributed by atoms with Gasteiger partial charge in [0, 0.05) is 44.0 Å². The van der Waals surface area contributed by atoms with Gasteiger partial charge in [0.15, 0.2) is 5.13 Å². The maximum absolute atomic E-state index is 13.2. The minimum Gasteiger partial charge on any atom is -0.444 e. The van der Waals surface area contributed by atoms with Crippen LogP contribution in [-0.2, 0) is 19.6 Å². The number of carbonyl (C=O) groups is 2. The van der Waals surface area contributed by atoms with Crippen molar-refractivity contribution in [1.29, 1.82) is 0 Å². The highest BCUT2D eigenvalue weighted by atomic mass is 32.2. The molecule has 2 aromatic heterocycles. The number of ether oxygens (including phenoxy) is 1. The van der Waals surface area contributed by atoms with Crippen LogP contribution in [0, 0.1) is 6.92 Å². The number of nitrogens with one attached hydrogen (secondary N) is 1. The highest BCUT2D eigenvalue weighted by Crippen LogP contribution is 2.37. The number of amides is 2. The Hall–Kier alpha value is -2.02. The molecule has 3 rings (SSSR count). The van der Waals surface area contributed by atoms with Gasteiger partial charge in [-0.3, -0.25) is 4.79 Å². The van der Waals surface area contributed by atoms with Crippen molar-refractivity contribution in [2.24, 2.45) is 0 Å². The molecule has 0 aliphatic carbocycles. The molecule has 9 nitrogen and oxygen atoms in total. The highest BCUT2D eigenvalue weighted by Gasteiger charge is 2.34. The van der Waals surface area contributed by atoms with Crippen LogP contribution in [0.15, 0.2) is 15.7 Å². The minimum atomic E-state index is -3.64. The number of piperidine rings is 1. The van der Waals surface area contributed by atoms with E-state index in [1.54, 1.807) is 23.4 Å². The lowest BCUT2D eigenvalue weighted by Gasteiger charge is -2.36. The summed E-state index contributed by atoms with van der Waals surface area (Å²) < 4.78 is 33.6. The summed E-state index contributed by atoms with van der Waals surface area (Å²) in [7, 11) is -1.95. The lowest BCUT2D eigenvalue weighted by Crippen LogP contribution is -2.48. The molecule has 1 aliphatic rings. The molecule has 2 aromatic rings. The first kappa shape index (κ1) is 25.6. The number of thiazole rings is 1. The van der Waals surface area contributed by atoms with E-state index in [1.807, 2.05) is 27.7 Å². The van der Waals surface area contributed by atoms with Gasteiger partial charge in [-0.1, -0.05) is 11.3 Å². The van der Waals surface area contributed by atoms with Gasteiger partial charge in [-0.15, -0.1) is 11.3 Å². The Morgan fingerprint density at radius 2 is 1.91 bits per heavy atom. The summed E-state index contributed by atoms with van der Waals surface area (Å²) in [6.07, 6.45) is 0.688. The number of hydrogen-bond acceptors (Lipinski definition) is 8. The molecular formula is C21H30N4O5S3. The standard InChI is InChI=1S/C21H30N4O5S3/c1-13-18(32-19(22-13)23-14(2)26)15-11-17(31-12-15)33(28,29)25-9-7-16(8-10-25)24(6)20(27)30-21(3,4)5/h11-12,16H,7-10H2,1-6H3,(H,22,23,26). The molecule has 1 fully saturated rings. The van der Waals surface area contributed by atoms with Crippen LogP contribution in [-0.4, -0.2) is 66.4 Å². The summed E-state index contributed by atoms with van der Waals surface area (Å²) in [4.78, 5) is 30.4. The van der Waals surface area contributed by atoms with Crippen molar-refractivity contribution in [3.05, 3.63) is 17.1 Å². The fourth-order valence-corrected chi connectivity index (χ4v) is 7.39. The number of thiophene rings is 1. The summed E-state index contributed by atoms with van der Waals surface area (Å²) in [5, 5.41) is 4.95. The molecule has 2 amide bonds. The first-order valence-corrected chi connectivity index (χ1v) is 13.7. The zero-order valence-electron chi connectivity index (χ0n) is 19.7. The molecule has 33 heavy (non-hydrogen) atoms. The topological polar surface area (TPSA) is 109 Å². The number of sulfonamides is 1. The van der Waals surface area contributed by atoms with E-state index in [0.717, 1.165) is 16.1 Å². The molecule has 0 aromatic carbocycles. The smallest absolute Gasteiger partial charge is 0.410 e. The van der Waals surface area contributed by atoms with Gasteiger partial charge in [-0.2, -0.15) is 4.31 Å². The number of carbonyl (C=O) groups excluding carboxylic acids is 2. The van der Waals surface area contributed by atoms with Gasteiger partial charge >= 0.3 is 6.09 Å². The molecule has 0 unspecified atom stereocenters. The summed E-state index contributed by atoms with van der Waals surface area (Å²) >= 11 is 2.49. The van der Waals surface area contributed by atoms with Crippen molar-refractivity contribution in [2.45, 2.75) is 63.3 Å². The molecule has 3 heterocycles. The normalized spacial score (nSPS) is 15.9. The van der Waals surface area contributed by atoms with Crippen molar-refractivity contribution in [1.82, 2.24) is 14.2 Å². The van der Waals surface area contributed by atoms with Gasteiger partial charge in [0.2, 0.25) is 5.91 Å². The first-order valence-electron chi connectivity index (χ1n) is 10.6. The average molecular weight is 515 g/mol. The van der Waals surface area contributed by atoms with Gasteiger partial charge < -0.3 is 15.0 Å². The fourth-order valence-electron chi connectivity index (χ4n) is 3.52. The maximum Gasteiger partial charge on any atom is 0.410 e. The molecule has 182 valence electrons. The Labute approximate surface area is 202 Å². The summed E-state index contributed by atoms with van der Waals surface area (Å²) in [6.45, 7) is 9.36. The van der Waals surface area contributed by atoms with Crippen LogP contribution in [0.2, 0.25) is 0 Å². The second-order valence-electron chi connectivity index (χ2n) is 9.00. The van der Waals surface area contributed by atoms with E-state index in [9.17, 15) is 18.0 Å². The molecule has 0 radical (unpaired) electrons. The zero-order valence-corrected chi connectivity index (χ0v) is 22.1. The molecule has 0 saturated carbocycles. The predicted molar refractivity (Wildman–Crippen MR) is 130 cm³/mol. The molecule has 1 N–H and O–H groups in total. The van der Waals surface area contributed by atoms with Crippen molar-refractivity contribution in [3.8, 4) is 10.4 Å². The van der Waals surface area contributed by atoms with Crippen LogP contribution in [0.3, 0.4) is 0 Å². The van der Waals surface area contributed by atoms with Gasteiger partial charge in [-0.25, -0.2) is 18.2 Å². The average Bonchev–Trinajstić information content (AvgIpc) is 3.32. The Morgan fingerprint density at radius 3 is 2.48 bits per heavy atom. The first-order chi connectivity index (χ1) is 15.3. The largest absolute Gasteiger partial charge is 0.444 e. The maximum atomic E-state index is 13.2. The van der Waals surface area contributed by atoms with Crippen LogP contribution in [0.4, 0.5) is 9.93 Å². The van der Waals surface area contributed by atoms with Gasteiger partial charge in [0.05, 0.1) is 10.6 Å². The SMILES string of the molecule is CC(=O)Nc1nc(C)c(-c2csc(S(=O)(=O)N3CCC(N(C)C(=O)OC(C)(C)C)CC3)c2)s1. The third-order valence-electron chi connectivity index (χ3n) is 5.16. The number of hydrogen-bond donors (Lipinski definition) is 1. The van der Waals surface area contributed by atoms with Gasteiger partial charge in [0.25, 0.3) is 10.0 Å². The molecule has 0 atom stereocenters.